The molecule has 0 radical (unpaired) electrons. The maximum Gasteiger partial charge on any atom is 2.00 e. The average Bonchev–Trinajstić information content (AvgIpc) is 1.12. The van der Waals surface area contributed by atoms with Crippen LogP contribution in [0.3, 0.4) is 0 Å². The van der Waals surface area contributed by atoms with E-state index in [4.69, 9.17) is 33.4 Å². The van der Waals surface area contributed by atoms with Crippen LogP contribution >= 0.6 is 0 Å². The van der Waals surface area contributed by atoms with Gasteiger partial charge in [-0.25, -0.2) is 0 Å². The monoisotopic (exact) mass is 414 g/mol. The summed E-state index contributed by atoms with van der Waals surface area (Å²) in [6.45, 7) is 0. The molecule has 0 aliphatic heterocycles. The van der Waals surface area contributed by atoms with Crippen molar-refractivity contribution < 1.29 is 66.5 Å². The maximum absolute atomic E-state index is 8.59. The van der Waals surface area contributed by atoms with E-state index in [1.807, 2.05) is 0 Å². The van der Waals surface area contributed by atoms with Crippen molar-refractivity contribution in [1.82, 2.24) is 0 Å². The Morgan fingerprint density at radius 2 is 1.00 bits per heavy atom. The van der Waals surface area contributed by atoms with E-state index < -0.39 is 24.0 Å². The number of rotatable bonds is 0. The van der Waals surface area contributed by atoms with Gasteiger partial charge in [-0.2, -0.15) is 0 Å². The van der Waals surface area contributed by atoms with E-state index >= 15 is 0 Å². The fourth-order valence-electron chi connectivity index (χ4n) is 0. The first-order valence-corrected chi connectivity index (χ1v) is 4.75. The van der Waals surface area contributed by atoms with Crippen LogP contribution in [0, 0.1) is 0 Å². The molecule has 0 heterocycles. The smallest absolute Gasteiger partial charge is 2.00 e. The van der Waals surface area contributed by atoms with Gasteiger partial charge in [0, 0.05) is 10.4 Å². The maximum atomic E-state index is 8.59. The van der Waals surface area contributed by atoms with Gasteiger partial charge in [0.2, 0.25) is 0 Å². The van der Waals surface area contributed by atoms with Crippen LogP contribution in [0.5, 0.6) is 0 Å². The summed E-state index contributed by atoms with van der Waals surface area (Å²) in [7, 11) is -5.17. The second-order valence-electron chi connectivity index (χ2n) is 0.816. The number of hydrogen-bond acceptors (Lipinski definition) is 8. The van der Waals surface area contributed by atoms with E-state index in [0.29, 0.717) is 0 Å². The van der Waals surface area contributed by atoms with E-state index in [9.17, 15) is 0 Å². The van der Waals surface area contributed by atoms with Crippen molar-refractivity contribution in [3.8, 4) is 0 Å². The molecule has 12 heavy (non-hydrogen) atoms. The molecule has 0 aromatic carbocycles. The molecule has 0 aliphatic carbocycles. The molecule has 0 atom stereocenters. The summed E-state index contributed by atoms with van der Waals surface area (Å²) in [4.78, 5) is 0. The van der Waals surface area contributed by atoms with Crippen molar-refractivity contribution in [2.75, 3.05) is 0 Å². The molecule has 0 fully saturated rings. The van der Waals surface area contributed by atoms with Crippen LogP contribution in [0.15, 0.2) is 0 Å². The summed E-state index contributed by atoms with van der Waals surface area (Å²) >= 11 is -5.75. The Hall–Kier alpha value is 2.12. The summed E-state index contributed by atoms with van der Waals surface area (Å²) in [5, 5.41) is 0. The predicted octanol–water partition coefficient (Wildman–Crippen LogP) is -4.34. The predicted molar refractivity (Wildman–Crippen MR) is 17.6 cm³/mol. The van der Waals surface area contributed by atoms with Gasteiger partial charge >= 0.3 is 97.9 Å². The SMILES string of the molecule is O=S(=O)([O-])[O-].[Ba+2].[O]=[Cr](=[O])([O-])[O-].[Zn+2]. The summed E-state index contributed by atoms with van der Waals surface area (Å²) < 4.78 is 68.5. The molecular formula is BaCrO8SZn. The third-order valence-corrected chi connectivity index (χ3v) is 0. The molecule has 64 valence electrons. The zero-order chi connectivity index (χ0) is 9.00. The van der Waals surface area contributed by atoms with E-state index in [1.165, 1.54) is 0 Å². The van der Waals surface area contributed by atoms with Crippen molar-refractivity contribution in [3.05, 3.63) is 0 Å². The average molecular weight is 415 g/mol. The van der Waals surface area contributed by atoms with Gasteiger partial charge in [0.05, 0.1) is 0 Å². The van der Waals surface area contributed by atoms with Crippen molar-refractivity contribution >= 4 is 59.3 Å². The summed E-state index contributed by atoms with van der Waals surface area (Å²) in [6, 6.07) is 0. The van der Waals surface area contributed by atoms with Gasteiger partial charge in [0.1, 0.15) is 0 Å². The van der Waals surface area contributed by atoms with Crippen LogP contribution in [0.1, 0.15) is 0 Å². The Balaban J connectivity index is -0.0000000457. The van der Waals surface area contributed by atoms with E-state index in [0.717, 1.165) is 0 Å². The largest absolute Gasteiger partial charge is 2.00 e. The van der Waals surface area contributed by atoms with Crippen LogP contribution in [-0.4, -0.2) is 66.4 Å². The van der Waals surface area contributed by atoms with Crippen LogP contribution in [-0.2, 0) is 51.1 Å². The van der Waals surface area contributed by atoms with Crippen molar-refractivity contribution in [2.24, 2.45) is 0 Å². The first-order chi connectivity index (χ1) is 4.00. The molecule has 0 amide bonds. The van der Waals surface area contributed by atoms with Crippen molar-refractivity contribution in [3.63, 3.8) is 0 Å². The summed E-state index contributed by atoms with van der Waals surface area (Å²) in [5.74, 6) is 0. The zero-order valence-electron chi connectivity index (χ0n) is 5.50. The van der Waals surface area contributed by atoms with Crippen LogP contribution in [0.2, 0.25) is 0 Å². The summed E-state index contributed by atoms with van der Waals surface area (Å²) in [6.07, 6.45) is 0. The fourth-order valence-corrected chi connectivity index (χ4v) is 0. The topological polar surface area (TPSA) is 161 Å². The minimum absolute atomic E-state index is 0. The molecular weight excluding hydrogens is 415 g/mol. The first kappa shape index (κ1) is 23.7. The number of hydrogen-bond donors (Lipinski definition) is 0. The molecule has 0 N–H and O–H groups in total. The van der Waals surface area contributed by atoms with Gasteiger partial charge in [0.25, 0.3) is 0 Å². The van der Waals surface area contributed by atoms with Crippen LogP contribution in [0.4, 0.5) is 0 Å². The molecule has 0 bridgehead atoms. The van der Waals surface area contributed by atoms with Crippen molar-refractivity contribution in [1.29, 1.82) is 0 Å². The summed E-state index contributed by atoms with van der Waals surface area (Å²) in [5.41, 5.74) is 0. The van der Waals surface area contributed by atoms with E-state index in [-0.39, 0.29) is 68.4 Å². The first-order valence-electron chi connectivity index (χ1n) is 1.33. The third kappa shape index (κ3) is 334. The van der Waals surface area contributed by atoms with Gasteiger partial charge in [0.15, 0.2) is 0 Å². The second kappa shape index (κ2) is 9.66. The Kier molecular flexibility index (Phi) is 19.1. The zero-order valence-corrected chi connectivity index (χ0v) is 15.0. The Bertz CT molecular complexity index is 215. The normalized spacial score (nSPS) is 9.67. The Morgan fingerprint density at radius 3 is 1.00 bits per heavy atom. The molecule has 8 nitrogen and oxygen atoms in total. The van der Waals surface area contributed by atoms with Crippen molar-refractivity contribution in [2.45, 2.75) is 0 Å². The molecule has 0 aliphatic rings. The van der Waals surface area contributed by atoms with Gasteiger partial charge in [-0.05, 0) is 0 Å². The molecule has 0 aromatic rings. The van der Waals surface area contributed by atoms with Gasteiger partial charge in [-0.1, -0.05) is 0 Å². The van der Waals surface area contributed by atoms with Crippen LogP contribution in [0.25, 0.3) is 0 Å². The second-order valence-corrected chi connectivity index (χ2v) is 2.91. The quantitative estimate of drug-likeness (QED) is 0.218. The van der Waals surface area contributed by atoms with E-state index in [1.54, 1.807) is 0 Å². The molecule has 0 rings (SSSR count). The Morgan fingerprint density at radius 1 is 1.00 bits per heavy atom. The molecule has 0 spiro atoms. The third-order valence-electron chi connectivity index (χ3n) is 0. The molecule has 0 unspecified atom stereocenters. The van der Waals surface area contributed by atoms with Gasteiger partial charge < -0.3 is 9.11 Å². The molecule has 0 saturated carbocycles. The minimum atomic E-state index is -5.75. The van der Waals surface area contributed by atoms with Gasteiger partial charge in [-0.3, -0.25) is 8.42 Å². The van der Waals surface area contributed by atoms with Gasteiger partial charge in [-0.15, -0.1) is 0 Å². The Labute approximate surface area is 124 Å². The van der Waals surface area contributed by atoms with E-state index in [2.05, 4.69) is 0 Å². The fraction of sp³-hybridized carbons (Fsp3) is 0. The minimum Gasteiger partial charge on any atom is 2.00 e. The standard InChI is InChI=1S/Ba.Cr.H2O4S.4O.Zn/c;;1-5(2,3)4;;;;;/h;;(H2,1,2,3,4);;;;;/q+2;;;;;2*-1;+2/p-2. The van der Waals surface area contributed by atoms with Crippen LogP contribution < -0.4 is 8.32 Å². The molecule has 12 heteroatoms. The molecule has 0 aromatic heterocycles. The molecule has 0 saturated heterocycles.